The van der Waals surface area contributed by atoms with Gasteiger partial charge in [0.05, 0.1) is 18.8 Å². The van der Waals surface area contributed by atoms with E-state index in [0.29, 0.717) is 23.5 Å². The smallest absolute Gasteiger partial charge is 0.251 e. The van der Waals surface area contributed by atoms with E-state index < -0.39 is 24.4 Å². The molecule has 2 aromatic carbocycles. The van der Waals surface area contributed by atoms with E-state index in [2.05, 4.69) is 5.32 Å². The summed E-state index contributed by atoms with van der Waals surface area (Å²) in [6.45, 7) is 0.0919. The van der Waals surface area contributed by atoms with Gasteiger partial charge in [0.15, 0.2) is 0 Å². The maximum absolute atomic E-state index is 11.7. The van der Waals surface area contributed by atoms with Crippen LogP contribution in [0.1, 0.15) is 34.0 Å². The molecule has 1 aliphatic rings. The minimum Gasteiger partial charge on any atom is -0.489 e. The van der Waals surface area contributed by atoms with Crippen LogP contribution in [-0.4, -0.2) is 53.2 Å². The van der Waals surface area contributed by atoms with Crippen LogP contribution in [0.5, 0.6) is 5.75 Å². The molecule has 0 spiro atoms. The maximum Gasteiger partial charge on any atom is 0.251 e. The van der Waals surface area contributed by atoms with E-state index >= 15 is 0 Å². The van der Waals surface area contributed by atoms with E-state index in [-0.39, 0.29) is 18.9 Å². The number of hydrogen-bond donors (Lipinski definition) is 4. The molecule has 0 aromatic heterocycles. The second-order valence-corrected chi connectivity index (χ2v) is 6.79. The van der Waals surface area contributed by atoms with Gasteiger partial charge in [0, 0.05) is 19.0 Å². The molecule has 0 radical (unpaired) electrons. The second kappa shape index (κ2) is 9.16. The highest BCUT2D eigenvalue weighted by molar-refractivity contribution is 5.94. The molecule has 1 fully saturated rings. The van der Waals surface area contributed by atoms with Crippen LogP contribution >= 0.6 is 0 Å². The molecule has 4 atom stereocenters. The molecule has 0 aliphatic carbocycles. The van der Waals surface area contributed by atoms with Gasteiger partial charge in [0.2, 0.25) is 0 Å². The third-order valence-corrected chi connectivity index (χ3v) is 4.78. The van der Waals surface area contributed by atoms with Gasteiger partial charge in [-0.2, -0.15) is 0 Å². The molecule has 1 aliphatic heterocycles. The second-order valence-electron chi connectivity index (χ2n) is 6.79. The fourth-order valence-electron chi connectivity index (χ4n) is 3.21. The number of carbonyl (C=O) groups is 1. The van der Waals surface area contributed by atoms with Gasteiger partial charge in [-0.3, -0.25) is 4.79 Å². The molecule has 1 unspecified atom stereocenters. The minimum atomic E-state index is -1.05. The first-order valence-corrected chi connectivity index (χ1v) is 9.18. The number of aliphatic hydroxyl groups excluding tert-OH is 3. The lowest BCUT2D eigenvalue weighted by Gasteiger charge is -2.36. The lowest BCUT2D eigenvalue weighted by Crippen LogP contribution is -2.44. The van der Waals surface area contributed by atoms with Gasteiger partial charge >= 0.3 is 0 Å². The van der Waals surface area contributed by atoms with Crippen molar-refractivity contribution >= 4 is 5.91 Å². The zero-order chi connectivity index (χ0) is 20.1. The van der Waals surface area contributed by atoms with E-state index in [4.69, 9.17) is 9.47 Å². The summed E-state index contributed by atoms with van der Waals surface area (Å²) in [5.74, 6) is 0.472. The van der Waals surface area contributed by atoms with Crippen molar-refractivity contribution < 1.29 is 29.6 Å². The molecule has 1 heterocycles. The highest BCUT2D eigenvalue weighted by Gasteiger charge is 2.37. The number of aliphatic hydroxyl groups is 3. The Kier molecular flexibility index (Phi) is 6.64. The van der Waals surface area contributed by atoms with E-state index in [1.54, 1.807) is 49.5 Å². The Balaban J connectivity index is 1.64. The lowest BCUT2D eigenvalue weighted by molar-refractivity contribution is -0.179. The SMILES string of the molecule is CNC(=O)c1cccc(COc2ccc(C3O[C@H](CO)C[C@H](O)[C@@H]3O)cc2)c1. The van der Waals surface area contributed by atoms with Crippen LogP contribution in [0.15, 0.2) is 48.5 Å². The molecule has 7 nitrogen and oxygen atoms in total. The highest BCUT2D eigenvalue weighted by atomic mass is 16.5. The monoisotopic (exact) mass is 387 g/mol. The van der Waals surface area contributed by atoms with E-state index in [0.717, 1.165) is 5.56 Å². The van der Waals surface area contributed by atoms with Crippen LogP contribution in [-0.2, 0) is 11.3 Å². The van der Waals surface area contributed by atoms with Crippen LogP contribution in [0.4, 0.5) is 0 Å². The number of nitrogens with one attached hydrogen (secondary N) is 1. The fraction of sp³-hybridized carbons (Fsp3) is 0.381. The Bertz CT molecular complexity index is 794. The molecule has 150 valence electrons. The first-order chi connectivity index (χ1) is 13.5. The van der Waals surface area contributed by atoms with Crippen molar-refractivity contribution in [3.63, 3.8) is 0 Å². The Morgan fingerprint density at radius 3 is 2.64 bits per heavy atom. The summed E-state index contributed by atoms with van der Waals surface area (Å²) in [5, 5.41) is 32.0. The summed E-state index contributed by atoms with van der Waals surface area (Å²) in [7, 11) is 1.59. The fourth-order valence-corrected chi connectivity index (χ4v) is 3.21. The third-order valence-electron chi connectivity index (χ3n) is 4.78. The first kappa shape index (κ1) is 20.3. The zero-order valence-electron chi connectivity index (χ0n) is 15.6. The summed E-state index contributed by atoms with van der Waals surface area (Å²) >= 11 is 0. The first-order valence-electron chi connectivity index (χ1n) is 9.18. The van der Waals surface area contributed by atoms with E-state index in [9.17, 15) is 20.1 Å². The van der Waals surface area contributed by atoms with Crippen molar-refractivity contribution in [2.75, 3.05) is 13.7 Å². The summed E-state index contributed by atoms with van der Waals surface area (Å²) in [5.41, 5.74) is 2.13. The van der Waals surface area contributed by atoms with Gasteiger partial charge in [0.1, 0.15) is 24.6 Å². The molecule has 4 N–H and O–H groups in total. The van der Waals surface area contributed by atoms with Crippen molar-refractivity contribution in [1.82, 2.24) is 5.32 Å². The number of ether oxygens (including phenoxy) is 2. The van der Waals surface area contributed by atoms with Crippen molar-refractivity contribution in [1.29, 1.82) is 0 Å². The summed E-state index contributed by atoms with van der Waals surface area (Å²) < 4.78 is 11.4. The van der Waals surface area contributed by atoms with Crippen molar-refractivity contribution in [3.05, 3.63) is 65.2 Å². The number of rotatable bonds is 6. The normalized spacial score (nSPS) is 24.6. The largest absolute Gasteiger partial charge is 0.489 e. The Hall–Kier alpha value is -2.45. The molecule has 3 rings (SSSR count). The number of hydrogen-bond acceptors (Lipinski definition) is 6. The van der Waals surface area contributed by atoms with Gasteiger partial charge in [-0.1, -0.05) is 24.3 Å². The Morgan fingerprint density at radius 1 is 1.21 bits per heavy atom. The van der Waals surface area contributed by atoms with Gasteiger partial charge < -0.3 is 30.1 Å². The summed E-state index contributed by atoms with van der Waals surface area (Å²) in [4.78, 5) is 11.7. The van der Waals surface area contributed by atoms with Crippen LogP contribution in [0.3, 0.4) is 0 Å². The van der Waals surface area contributed by atoms with Crippen LogP contribution in [0.2, 0.25) is 0 Å². The molecule has 7 heteroatoms. The molecule has 2 aromatic rings. The van der Waals surface area contributed by atoms with Gasteiger partial charge in [-0.25, -0.2) is 0 Å². The quantitative estimate of drug-likeness (QED) is 0.593. The highest BCUT2D eigenvalue weighted by Crippen LogP contribution is 2.32. The average Bonchev–Trinajstić information content (AvgIpc) is 2.74. The van der Waals surface area contributed by atoms with E-state index in [1.807, 2.05) is 6.07 Å². The van der Waals surface area contributed by atoms with E-state index in [1.165, 1.54) is 0 Å². The van der Waals surface area contributed by atoms with Crippen molar-refractivity contribution in [2.24, 2.45) is 0 Å². The molecular weight excluding hydrogens is 362 g/mol. The third kappa shape index (κ3) is 4.69. The van der Waals surface area contributed by atoms with Crippen LogP contribution in [0, 0.1) is 0 Å². The molecule has 0 saturated carbocycles. The van der Waals surface area contributed by atoms with Crippen molar-refractivity contribution in [3.8, 4) is 5.75 Å². The summed E-state index contributed by atoms with van der Waals surface area (Å²) in [6, 6.07) is 14.2. The molecule has 1 amide bonds. The molecule has 1 saturated heterocycles. The van der Waals surface area contributed by atoms with Crippen molar-refractivity contribution in [2.45, 2.75) is 37.4 Å². The Morgan fingerprint density at radius 2 is 1.96 bits per heavy atom. The molecule has 0 bridgehead atoms. The van der Waals surface area contributed by atoms with Gasteiger partial charge in [0.25, 0.3) is 5.91 Å². The summed E-state index contributed by atoms with van der Waals surface area (Å²) in [6.07, 6.45) is -3.02. The number of carbonyl (C=O) groups excluding carboxylic acids is 1. The van der Waals surface area contributed by atoms with Gasteiger partial charge in [-0.15, -0.1) is 0 Å². The van der Waals surface area contributed by atoms with Gasteiger partial charge in [-0.05, 0) is 35.4 Å². The minimum absolute atomic E-state index is 0.152. The number of amides is 1. The lowest BCUT2D eigenvalue weighted by atomic mass is 9.93. The molecule has 28 heavy (non-hydrogen) atoms. The predicted molar refractivity (Wildman–Crippen MR) is 102 cm³/mol. The van der Waals surface area contributed by atoms with Crippen LogP contribution in [0.25, 0.3) is 0 Å². The standard InChI is InChI=1S/C21H25NO6/c1-22-21(26)15-4-2-3-13(9-15)12-27-16-7-5-14(6-8-16)20-19(25)18(24)10-17(11-23)28-20/h2-9,17-20,23-25H,10-12H2,1H3,(H,22,26)/t17-,18-,19-,20?/m0/s1. The maximum atomic E-state index is 11.7. The van der Waals surface area contributed by atoms with Crippen LogP contribution < -0.4 is 10.1 Å². The Labute approximate surface area is 163 Å². The predicted octanol–water partition coefficient (Wildman–Crippen LogP) is 1.17. The number of benzene rings is 2. The zero-order valence-corrected chi connectivity index (χ0v) is 15.6. The average molecular weight is 387 g/mol. The molecular formula is C21H25NO6. The topological polar surface area (TPSA) is 108 Å².